The number of thioether (sulfide) groups is 1. The highest BCUT2D eigenvalue weighted by molar-refractivity contribution is 8.00. The summed E-state index contributed by atoms with van der Waals surface area (Å²) in [5, 5.41) is 16.9. The van der Waals surface area contributed by atoms with Gasteiger partial charge in [0.25, 0.3) is 0 Å². The summed E-state index contributed by atoms with van der Waals surface area (Å²) in [5.74, 6) is 2.30. The Morgan fingerprint density at radius 3 is 2.93 bits per heavy atom. The molecule has 10 heteroatoms. The molecule has 0 aliphatic rings. The Hall–Kier alpha value is -2.62. The van der Waals surface area contributed by atoms with E-state index in [1.807, 2.05) is 36.4 Å². The molecule has 0 atom stereocenters. The highest BCUT2D eigenvalue weighted by atomic mass is 35.5. The minimum atomic E-state index is 0.501. The summed E-state index contributed by atoms with van der Waals surface area (Å²) in [4.78, 5) is 4.40. The minimum Gasteiger partial charge on any atom is -0.497 e. The van der Waals surface area contributed by atoms with Gasteiger partial charge in [0.05, 0.1) is 12.9 Å². The summed E-state index contributed by atoms with van der Waals surface area (Å²) >= 11 is 8.93. The van der Waals surface area contributed by atoms with Crippen molar-refractivity contribution in [2.45, 2.75) is 10.1 Å². The zero-order chi connectivity index (χ0) is 19.3. The lowest BCUT2D eigenvalue weighted by molar-refractivity contribution is 0.391. The molecule has 2 aromatic carbocycles. The number of ether oxygens (including phenoxy) is 1. The van der Waals surface area contributed by atoms with E-state index in [4.69, 9.17) is 20.9 Å². The molecular weight excluding hydrogens is 418 g/mol. The largest absolute Gasteiger partial charge is 0.497 e. The van der Waals surface area contributed by atoms with Gasteiger partial charge < -0.3 is 14.6 Å². The molecule has 2 aromatic heterocycles. The van der Waals surface area contributed by atoms with E-state index >= 15 is 0 Å². The maximum atomic E-state index is 6.00. The van der Waals surface area contributed by atoms with Crippen molar-refractivity contribution in [3.8, 4) is 17.1 Å². The van der Waals surface area contributed by atoms with Crippen LogP contribution in [0.15, 0.2) is 57.4 Å². The predicted octanol–water partition coefficient (Wildman–Crippen LogP) is 5.29. The van der Waals surface area contributed by atoms with Gasteiger partial charge in [-0.3, -0.25) is 0 Å². The molecule has 0 fully saturated rings. The van der Waals surface area contributed by atoms with E-state index in [1.165, 1.54) is 23.1 Å². The molecule has 0 radical (unpaired) electrons. The molecule has 0 saturated heterocycles. The Morgan fingerprint density at radius 1 is 1.18 bits per heavy atom. The van der Waals surface area contributed by atoms with E-state index in [1.54, 1.807) is 19.2 Å². The van der Waals surface area contributed by atoms with Gasteiger partial charge in [0.15, 0.2) is 4.34 Å². The normalized spacial score (nSPS) is 10.8. The molecule has 0 aliphatic heterocycles. The standard InChI is InChI=1S/C18H14ClN5O2S2/c1-25-14-7-3-6-13(9-14)20-17-22-23-18(28-17)27-10-15-21-16(24-26-15)11-4-2-5-12(19)8-11/h2-9H,10H2,1H3,(H,20,22). The first kappa shape index (κ1) is 18.7. The summed E-state index contributed by atoms with van der Waals surface area (Å²) in [7, 11) is 1.63. The Morgan fingerprint density at radius 2 is 2.07 bits per heavy atom. The summed E-state index contributed by atoms with van der Waals surface area (Å²) in [6, 6.07) is 14.9. The molecule has 7 nitrogen and oxygen atoms in total. The number of hydrogen-bond acceptors (Lipinski definition) is 9. The molecule has 0 aliphatic carbocycles. The van der Waals surface area contributed by atoms with E-state index in [0.29, 0.717) is 27.6 Å². The van der Waals surface area contributed by atoms with E-state index in [-0.39, 0.29) is 0 Å². The summed E-state index contributed by atoms with van der Waals surface area (Å²) in [5.41, 5.74) is 1.70. The summed E-state index contributed by atoms with van der Waals surface area (Å²) in [6.07, 6.45) is 0. The van der Waals surface area contributed by atoms with E-state index < -0.39 is 0 Å². The fourth-order valence-electron chi connectivity index (χ4n) is 2.32. The highest BCUT2D eigenvalue weighted by Gasteiger charge is 2.12. The molecular formula is C18H14ClN5O2S2. The van der Waals surface area contributed by atoms with Crippen LogP contribution in [0, 0.1) is 0 Å². The molecule has 0 unspecified atom stereocenters. The lowest BCUT2D eigenvalue weighted by Gasteiger charge is -2.04. The molecule has 0 bridgehead atoms. The quantitative estimate of drug-likeness (QED) is 0.395. The van der Waals surface area contributed by atoms with E-state index in [0.717, 1.165) is 21.3 Å². The van der Waals surface area contributed by atoms with Crippen LogP contribution in [0.5, 0.6) is 5.75 Å². The number of hydrogen-bond donors (Lipinski definition) is 1. The number of anilines is 2. The minimum absolute atomic E-state index is 0.501. The fraction of sp³-hybridized carbons (Fsp3) is 0.111. The lowest BCUT2D eigenvalue weighted by Crippen LogP contribution is -1.90. The second-order valence-corrected chi connectivity index (χ2v) is 8.18. The molecule has 4 rings (SSSR count). The van der Waals surface area contributed by atoms with Crippen LogP contribution in [0.2, 0.25) is 5.02 Å². The summed E-state index contributed by atoms with van der Waals surface area (Å²) < 4.78 is 11.3. The fourth-order valence-corrected chi connectivity index (χ4v) is 4.12. The van der Waals surface area contributed by atoms with Crippen molar-refractivity contribution >= 4 is 45.5 Å². The van der Waals surface area contributed by atoms with Gasteiger partial charge in [0.2, 0.25) is 16.8 Å². The Labute approximate surface area is 174 Å². The van der Waals surface area contributed by atoms with Crippen LogP contribution >= 0.6 is 34.7 Å². The average molecular weight is 432 g/mol. The van der Waals surface area contributed by atoms with Crippen molar-refractivity contribution in [2.24, 2.45) is 0 Å². The van der Waals surface area contributed by atoms with Gasteiger partial charge >= 0.3 is 0 Å². The van der Waals surface area contributed by atoms with E-state index in [9.17, 15) is 0 Å². The van der Waals surface area contributed by atoms with Crippen LogP contribution < -0.4 is 10.1 Å². The third-order valence-electron chi connectivity index (χ3n) is 3.60. The van der Waals surface area contributed by atoms with Crippen molar-refractivity contribution in [2.75, 3.05) is 12.4 Å². The van der Waals surface area contributed by atoms with Crippen LogP contribution in [0.3, 0.4) is 0 Å². The third-order valence-corrected chi connectivity index (χ3v) is 5.79. The molecule has 0 saturated carbocycles. The molecule has 0 amide bonds. The predicted molar refractivity (Wildman–Crippen MR) is 110 cm³/mol. The number of nitrogens with zero attached hydrogens (tertiary/aromatic N) is 4. The Balaban J connectivity index is 1.37. The molecule has 4 aromatic rings. The molecule has 1 N–H and O–H groups in total. The van der Waals surface area contributed by atoms with Crippen LogP contribution in [0.1, 0.15) is 5.89 Å². The number of nitrogens with one attached hydrogen (secondary N) is 1. The van der Waals surface area contributed by atoms with Crippen LogP contribution in [0.25, 0.3) is 11.4 Å². The highest BCUT2D eigenvalue weighted by Crippen LogP contribution is 2.30. The van der Waals surface area contributed by atoms with Gasteiger partial charge in [-0.2, -0.15) is 4.98 Å². The molecule has 142 valence electrons. The van der Waals surface area contributed by atoms with Gasteiger partial charge in [-0.25, -0.2) is 0 Å². The van der Waals surface area contributed by atoms with Gasteiger partial charge in [-0.05, 0) is 24.3 Å². The second kappa shape index (κ2) is 8.59. The first-order valence-corrected chi connectivity index (χ1v) is 10.3. The van der Waals surface area contributed by atoms with Crippen LogP contribution in [-0.2, 0) is 5.75 Å². The average Bonchev–Trinajstić information content (AvgIpc) is 3.36. The summed E-state index contributed by atoms with van der Waals surface area (Å²) in [6.45, 7) is 0. The molecule has 0 spiro atoms. The number of halogens is 1. The smallest absolute Gasteiger partial charge is 0.237 e. The molecule has 2 heterocycles. The number of methoxy groups -OCH3 is 1. The number of aromatic nitrogens is 4. The maximum Gasteiger partial charge on any atom is 0.237 e. The van der Waals surface area contributed by atoms with Crippen molar-refractivity contribution in [3.05, 3.63) is 59.4 Å². The first-order valence-electron chi connectivity index (χ1n) is 8.15. The zero-order valence-electron chi connectivity index (χ0n) is 14.6. The second-order valence-electron chi connectivity index (χ2n) is 5.54. The maximum absolute atomic E-state index is 6.00. The van der Waals surface area contributed by atoms with Crippen LogP contribution in [0.4, 0.5) is 10.8 Å². The van der Waals surface area contributed by atoms with Gasteiger partial charge in [0, 0.05) is 22.3 Å². The first-order chi connectivity index (χ1) is 13.7. The van der Waals surface area contributed by atoms with Gasteiger partial charge in [-0.15, -0.1) is 10.2 Å². The third kappa shape index (κ3) is 4.61. The topological polar surface area (TPSA) is 86.0 Å². The van der Waals surface area contributed by atoms with Gasteiger partial charge in [-0.1, -0.05) is 58.1 Å². The zero-order valence-corrected chi connectivity index (χ0v) is 17.0. The number of benzene rings is 2. The van der Waals surface area contributed by atoms with Crippen LogP contribution in [-0.4, -0.2) is 27.4 Å². The van der Waals surface area contributed by atoms with E-state index in [2.05, 4.69) is 25.7 Å². The lowest BCUT2D eigenvalue weighted by atomic mass is 10.2. The van der Waals surface area contributed by atoms with Crippen molar-refractivity contribution in [1.29, 1.82) is 0 Å². The van der Waals surface area contributed by atoms with Crippen molar-refractivity contribution < 1.29 is 9.26 Å². The van der Waals surface area contributed by atoms with Gasteiger partial charge in [0.1, 0.15) is 5.75 Å². The SMILES string of the molecule is COc1cccc(Nc2nnc(SCc3nc(-c4cccc(Cl)c4)no3)s2)c1. The van der Waals surface area contributed by atoms with Crippen molar-refractivity contribution in [1.82, 2.24) is 20.3 Å². The monoisotopic (exact) mass is 431 g/mol. The van der Waals surface area contributed by atoms with Crippen molar-refractivity contribution in [3.63, 3.8) is 0 Å². The number of rotatable bonds is 7. The molecule has 28 heavy (non-hydrogen) atoms. The Bertz CT molecular complexity index is 1090. The Kier molecular flexibility index (Phi) is 5.75.